The highest BCUT2D eigenvalue weighted by atomic mass is 16.2. The number of carbonyl (C=O) groups is 1. The number of guanidine groups is 1. The van der Waals surface area contributed by atoms with Crippen LogP contribution in [-0.2, 0) is 11.8 Å². The minimum absolute atomic E-state index is 0.0819. The lowest BCUT2D eigenvalue weighted by Crippen LogP contribution is -2.55. The molecule has 0 bridgehead atoms. The molecule has 1 aromatic rings. The number of hydrogen-bond donors (Lipinski definition) is 1. The van der Waals surface area contributed by atoms with Gasteiger partial charge in [0.15, 0.2) is 5.96 Å². The van der Waals surface area contributed by atoms with E-state index in [1.807, 2.05) is 18.1 Å². The number of likely N-dealkylation sites (tertiary alicyclic amines) is 1. The number of aromatic nitrogens is 2. The number of amides is 1. The van der Waals surface area contributed by atoms with E-state index in [9.17, 15) is 4.79 Å². The highest BCUT2D eigenvalue weighted by molar-refractivity contribution is 5.98. The molecular weight excluding hydrogens is 354 g/mol. The van der Waals surface area contributed by atoms with E-state index in [4.69, 9.17) is 0 Å². The van der Waals surface area contributed by atoms with Crippen molar-refractivity contribution in [2.75, 3.05) is 57.8 Å². The van der Waals surface area contributed by atoms with E-state index in [0.29, 0.717) is 13.1 Å². The molecule has 0 radical (unpaired) electrons. The molecule has 8 nitrogen and oxygen atoms in total. The lowest BCUT2D eigenvalue weighted by atomic mass is 9.92. The second kappa shape index (κ2) is 9.41. The summed E-state index contributed by atoms with van der Waals surface area (Å²) in [5.74, 6) is 2.50. The van der Waals surface area contributed by atoms with Crippen molar-refractivity contribution in [3.63, 3.8) is 0 Å². The molecule has 28 heavy (non-hydrogen) atoms. The number of carbonyl (C=O) groups excluding carboxylic acids is 1. The maximum atomic E-state index is 12.6. The summed E-state index contributed by atoms with van der Waals surface area (Å²) in [5, 5.41) is 7.61. The van der Waals surface area contributed by atoms with E-state index in [1.54, 1.807) is 22.8 Å². The molecule has 1 aromatic heterocycles. The molecular formula is C20H35N7O. The number of rotatable bonds is 5. The third-order valence-corrected chi connectivity index (χ3v) is 5.61. The molecule has 2 aliphatic heterocycles. The lowest BCUT2D eigenvalue weighted by Gasteiger charge is -2.36. The molecule has 0 aromatic carbocycles. The summed E-state index contributed by atoms with van der Waals surface area (Å²) in [5.41, 5.74) is 0.861. The van der Waals surface area contributed by atoms with E-state index in [1.165, 1.54) is 19.5 Å². The van der Waals surface area contributed by atoms with Crippen molar-refractivity contribution in [2.45, 2.75) is 26.7 Å². The molecule has 1 N–H and O–H groups in total. The molecule has 8 heteroatoms. The summed E-state index contributed by atoms with van der Waals surface area (Å²) < 4.78 is 1.72. The van der Waals surface area contributed by atoms with Gasteiger partial charge in [0.05, 0.1) is 11.9 Å². The third-order valence-electron chi connectivity index (χ3n) is 5.61. The quantitative estimate of drug-likeness (QED) is 0.462. The molecule has 2 atom stereocenters. The Hall–Kier alpha value is -2.09. The first-order chi connectivity index (χ1) is 13.5. The summed E-state index contributed by atoms with van der Waals surface area (Å²) in [6.45, 7) is 10.9. The van der Waals surface area contributed by atoms with Crippen LogP contribution in [0.15, 0.2) is 17.4 Å². The molecule has 3 rings (SSSR count). The van der Waals surface area contributed by atoms with Gasteiger partial charge in [0.25, 0.3) is 0 Å². The summed E-state index contributed by atoms with van der Waals surface area (Å²) in [6, 6.07) is 0. The SMILES string of the molecule is CN=C(NCCCN1CC(C)CC(C)C1)N1CCN(c2cnn(C)c2)C(=O)C1. The van der Waals surface area contributed by atoms with Crippen molar-refractivity contribution in [3.8, 4) is 0 Å². The topological polar surface area (TPSA) is 69.0 Å². The van der Waals surface area contributed by atoms with Gasteiger partial charge in [-0.1, -0.05) is 13.8 Å². The maximum absolute atomic E-state index is 12.6. The van der Waals surface area contributed by atoms with Crippen LogP contribution < -0.4 is 10.2 Å². The second-order valence-corrected chi connectivity index (χ2v) is 8.37. The van der Waals surface area contributed by atoms with Crippen molar-refractivity contribution in [1.29, 1.82) is 0 Å². The number of aliphatic imine (C=N–C) groups is 1. The van der Waals surface area contributed by atoms with Gasteiger partial charge in [0, 0.05) is 53.0 Å². The van der Waals surface area contributed by atoms with Gasteiger partial charge in [0.2, 0.25) is 5.91 Å². The first kappa shape index (κ1) is 20.6. The molecule has 0 aliphatic carbocycles. The summed E-state index contributed by atoms with van der Waals surface area (Å²) in [6.07, 6.45) is 6.05. The van der Waals surface area contributed by atoms with E-state index < -0.39 is 0 Å². The average Bonchev–Trinajstić information content (AvgIpc) is 3.07. The Labute approximate surface area is 168 Å². The van der Waals surface area contributed by atoms with Crippen LogP contribution in [0.5, 0.6) is 0 Å². The summed E-state index contributed by atoms with van der Waals surface area (Å²) in [7, 11) is 3.65. The molecule has 2 fully saturated rings. The van der Waals surface area contributed by atoms with E-state index >= 15 is 0 Å². The first-order valence-corrected chi connectivity index (χ1v) is 10.4. The number of aryl methyl sites for hydroxylation is 1. The van der Waals surface area contributed by atoms with Crippen LogP contribution in [-0.4, -0.2) is 84.3 Å². The molecule has 2 unspecified atom stereocenters. The fourth-order valence-electron chi connectivity index (χ4n) is 4.48. The predicted molar refractivity (Wildman–Crippen MR) is 112 cm³/mol. The van der Waals surface area contributed by atoms with Crippen LogP contribution >= 0.6 is 0 Å². The predicted octanol–water partition coefficient (Wildman–Crippen LogP) is 1.01. The van der Waals surface area contributed by atoms with Crippen molar-refractivity contribution in [3.05, 3.63) is 12.4 Å². The molecule has 0 saturated carbocycles. The fraction of sp³-hybridized carbons (Fsp3) is 0.750. The largest absolute Gasteiger partial charge is 0.356 e. The lowest BCUT2D eigenvalue weighted by molar-refractivity contribution is -0.120. The van der Waals surface area contributed by atoms with Gasteiger partial charge in [0.1, 0.15) is 6.54 Å². The monoisotopic (exact) mass is 389 g/mol. The fourth-order valence-corrected chi connectivity index (χ4v) is 4.48. The van der Waals surface area contributed by atoms with Crippen LogP contribution in [0.25, 0.3) is 0 Å². The molecule has 3 heterocycles. The Morgan fingerprint density at radius 1 is 1.29 bits per heavy atom. The van der Waals surface area contributed by atoms with Crippen LogP contribution in [0.4, 0.5) is 5.69 Å². The van der Waals surface area contributed by atoms with Crippen molar-refractivity contribution < 1.29 is 4.79 Å². The van der Waals surface area contributed by atoms with Gasteiger partial charge in [-0.25, -0.2) is 0 Å². The van der Waals surface area contributed by atoms with Gasteiger partial charge in [-0.05, 0) is 31.2 Å². The molecule has 2 aliphatic rings. The minimum Gasteiger partial charge on any atom is -0.356 e. The highest BCUT2D eigenvalue weighted by Crippen LogP contribution is 2.20. The molecule has 156 valence electrons. The number of piperazine rings is 1. The van der Waals surface area contributed by atoms with Gasteiger partial charge >= 0.3 is 0 Å². The number of nitrogens with zero attached hydrogens (tertiary/aromatic N) is 6. The Morgan fingerprint density at radius 3 is 2.64 bits per heavy atom. The summed E-state index contributed by atoms with van der Waals surface area (Å²) in [4.78, 5) is 23.4. The molecule has 1 amide bonds. The zero-order valence-corrected chi connectivity index (χ0v) is 17.8. The van der Waals surface area contributed by atoms with Gasteiger partial charge < -0.3 is 20.0 Å². The Bertz CT molecular complexity index is 676. The number of anilines is 1. The zero-order chi connectivity index (χ0) is 20.1. The van der Waals surface area contributed by atoms with Crippen LogP contribution in [0.3, 0.4) is 0 Å². The van der Waals surface area contributed by atoms with Crippen LogP contribution in [0.1, 0.15) is 26.7 Å². The number of hydrogen-bond acceptors (Lipinski definition) is 4. The van der Waals surface area contributed by atoms with Gasteiger partial charge in [-0.3, -0.25) is 14.5 Å². The van der Waals surface area contributed by atoms with E-state index in [2.05, 4.69) is 34.2 Å². The van der Waals surface area contributed by atoms with E-state index in [0.717, 1.165) is 49.5 Å². The maximum Gasteiger partial charge on any atom is 0.246 e. The van der Waals surface area contributed by atoms with Gasteiger partial charge in [-0.15, -0.1) is 0 Å². The second-order valence-electron chi connectivity index (χ2n) is 8.37. The first-order valence-electron chi connectivity index (χ1n) is 10.4. The van der Waals surface area contributed by atoms with Crippen LogP contribution in [0, 0.1) is 11.8 Å². The number of piperidine rings is 1. The van der Waals surface area contributed by atoms with Crippen molar-refractivity contribution in [2.24, 2.45) is 23.9 Å². The van der Waals surface area contributed by atoms with Crippen molar-refractivity contribution in [1.82, 2.24) is 24.9 Å². The van der Waals surface area contributed by atoms with Crippen molar-refractivity contribution >= 4 is 17.6 Å². The van der Waals surface area contributed by atoms with Crippen LogP contribution in [0.2, 0.25) is 0 Å². The zero-order valence-electron chi connectivity index (χ0n) is 17.8. The summed E-state index contributed by atoms with van der Waals surface area (Å²) >= 11 is 0. The Morgan fingerprint density at radius 2 is 2.04 bits per heavy atom. The Balaban J connectivity index is 1.42. The standard InChI is InChI=1S/C20H35N7O/c1-16-10-17(2)13-25(12-16)7-5-6-22-20(21-3)26-8-9-27(19(28)15-26)18-11-23-24(4)14-18/h11,14,16-17H,5-10,12-13,15H2,1-4H3,(H,21,22). The highest BCUT2D eigenvalue weighted by Gasteiger charge is 2.27. The average molecular weight is 390 g/mol. The Kier molecular flexibility index (Phi) is 6.93. The minimum atomic E-state index is 0.0819. The number of nitrogens with one attached hydrogen (secondary N) is 1. The van der Waals surface area contributed by atoms with E-state index in [-0.39, 0.29) is 5.91 Å². The smallest absolute Gasteiger partial charge is 0.246 e. The molecule has 0 spiro atoms. The third kappa shape index (κ3) is 5.25. The molecule has 2 saturated heterocycles. The van der Waals surface area contributed by atoms with Gasteiger partial charge in [-0.2, -0.15) is 5.10 Å². The normalized spacial score (nSPS) is 24.7.